The third-order valence-corrected chi connectivity index (χ3v) is 2.79. The van der Waals surface area contributed by atoms with E-state index >= 15 is 0 Å². The smallest absolute Gasteiger partial charge is 0.326 e. The third-order valence-electron chi connectivity index (χ3n) is 2.29. The summed E-state index contributed by atoms with van der Waals surface area (Å²) >= 11 is 11.5. The standard InChI is InChI=1S/C11H12Cl2N2O3/c1-5(2)9(11(17)18)15-10(16)6-3-8(13)14-4-7(6)12/h3-5,9H,1-2H3,(H,15,16)(H,17,18). The second-order valence-corrected chi connectivity index (χ2v) is 4.81. The molecule has 1 unspecified atom stereocenters. The van der Waals surface area contributed by atoms with Crippen molar-refractivity contribution in [3.63, 3.8) is 0 Å². The molecule has 1 rings (SSSR count). The van der Waals surface area contributed by atoms with E-state index in [1.807, 2.05) is 0 Å². The van der Waals surface area contributed by atoms with E-state index in [1.54, 1.807) is 13.8 Å². The molecule has 0 fully saturated rings. The minimum atomic E-state index is -1.10. The van der Waals surface area contributed by atoms with Crippen LogP contribution in [0.2, 0.25) is 10.2 Å². The van der Waals surface area contributed by atoms with Gasteiger partial charge in [0.25, 0.3) is 5.91 Å². The third kappa shape index (κ3) is 3.58. The number of aromatic nitrogens is 1. The average molecular weight is 291 g/mol. The van der Waals surface area contributed by atoms with Crippen LogP contribution >= 0.6 is 23.2 Å². The number of carbonyl (C=O) groups is 2. The van der Waals surface area contributed by atoms with Crippen LogP contribution in [0.5, 0.6) is 0 Å². The highest BCUT2D eigenvalue weighted by Crippen LogP contribution is 2.18. The van der Waals surface area contributed by atoms with Gasteiger partial charge in [-0.15, -0.1) is 0 Å². The van der Waals surface area contributed by atoms with Gasteiger partial charge in [0.1, 0.15) is 11.2 Å². The van der Waals surface area contributed by atoms with Gasteiger partial charge in [0.15, 0.2) is 0 Å². The molecule has 0 aliphatic carbocycles. The second-order valence-electron chi connectivity index (χ2n) is 4.02. The van der Waals surface area contributed by atoms with Gasteiger partial charge in [-0.2, -0.15) is 0 Å². The van der Waals surface area contributed by atoms with Crippen molar-refractivity contribution >= 4 is 35.1 Å². The number of hydrogen-bond donors (Lipinski definition) is 2. The SMILES string of the molecule is CC(C)C(NC(=O)c1cc(Cl)ncc1Cl)C(=O)O. The molecule has 18 heavy (non-hydrogen) atoms. The van der Waals surface area contributed by atoms with Gasteiger partial charge < -0.3 is 10.4 Å². The van der Waals surface area contributed by atoms with Crippen molar-refractivity contribution in [2.75, 3.05) is 0 Å². The molecule has 0 aliphatic rings. The number of nitrogens with zero attached hydrogens (tertiary/aromatic N) is 1. The number of aliphatic carboxylic acids is 1. The van der Waals surface area contributed by atoms with Gasteiger partial charge in [0, 0.05) is 6.20 Å². The maximum Gasteiger partial charge on any atom is 0.326 e. The lowest BCUT2D eigenvalue weighted by Crippen LogP contribution is -2.44. The van der Waals surface area contributed by atoms with Gasteiger partial charge in [0.2, 0.25) is 0 Å². The number of carboxylic acids is 1. The number of nitrogens with one attached hydrogen (secondary N) is 1. The summed E-state index contributed by atoms with van der Waals surface area (Å²) in [6.45, 7) is 3.39. The molecule has 0 spiro atoms. The largest absolute Gasteiger partial charge is 0.480 e. The Balaban J connectivity index is 2.94. The number of hydrogen-bond acceptors (Lipinski definition) is 3. The number of amides is 1. The molecule has 1 heterocycles. The lowest BCUT2D eigenvalue weighted by Gasteiger charge is -2.18. The Morgan fingerprint density at radius 2 is 2.00 bits per heavy atom. The molecule has 2 N–H and O–H groups in total. The fraction of sp³-hybridized carbons (Fsp3) is 0.364. The van der Waals surface area contributed by atoms with Crippen LogP contribution in [0, 0.1) is 5.92 Å². The number of carboxylic acid groups (broad SMARTS) is 1. The number of halogens is 2. The van der Waals surface area contributed by atoms with Crippen molar-refractivity contribution in [1.82, 2.24) is 10.3 Å². The van der Waals surface area contributed by atoms with Crippen LogP contribution in [0.1, 0.15) is 24.2 Å². The Morgan fingerprint density at radius 3 is 2.50 bits per heavy atom. The molecule has 1 atom stereocenters. The van der Waals surface area contributed by atoms with E-state index in [4.69, 9.17) is 28.3 Å². The van der Waals surface area contributed by atoms with Crippen LogP contribution in [-0.4, -0.2) is 28.0 Å². The molecular weight excluding hydrogens is 279 g/mol. The van der Waals surface area contributed by atoms with Crippen molar-refractivity contribution in [3.8, 4) is 0 Å². The summed E-state index contributed by atoms with van der Waals surface area (Å²) in [6, 6.07) is 0.304. The van der Waals surface area contributed by atoms with Crippen LogP contribution in [-0.2, 0) is 4.79 Å². The highest BCUT2D eigenvalue weighted by atomic mass is 35.5. The number of rotatable bonds is 4. The molecule has 0 aliphatic heterocycles. The first-order valence-corrected chi connectivity index (χ1v) is 5.93. The summed E-state index contributed by atoms with van der Waals surface area (Å²) in [5.74, 6) is -1.94. The summed E-state index contributed by atoms with van der Waals surface area (Å²) in [5, 5.41) is 11.6. The van der Waals surface area contributed by atoms with Crippen molar-refractivity contribution in [2.45, 2.75) is 19.9 Å². The topological polar surface area (TPSA) is 79.3 Å². The van der Waals surface area contributed by atoms with Crippen molar-refractivity contribution < 1.29 is 14.7 Å². The predicted octanol–water partition coefficient (Wildman–Crippen LogP) is 2.23. The molecule has 0 radical (unpaired) electrons. The van der Waals surface area contributed by atoms with Gasteiger partial charge >= 0.3 is 5.97 Å². The van der Waals surface area contributed by atoms with Gasteiger partial charge in [-0.1, -0.05) is 37.0 Å². The molecule has 98 valence electrons. The molecule has 1 aromatic heterocycles. The highest BCUT2D eigenvalue weighted by molar-refractivity contribution is 6.35. The van der Waals surface area contributed by atoms with Crippen LogP contribution in [0.4, 0.5) is 0 Å². The van der Waals surface area contributed by atoms with E-state index in [0.717, 1.165) is 0 Å². The Hall–Kier alpha value is -1.33. The zero-order valence-electron chi connectivity index (χ0n) is 9.78. The highest BCUT2D eigenvalue weighted by Gasteiger charge is 2.25. The summed E-state index contributed by atoms with van der Waals surface area (Å²) in [7, 11) is 0. The summed E-state index contributed by atoms with van der Waals surface area (Å²) < 4.78 is 0. The van der Waals surface area contributed by atoms with E-state index in [2.05, 4.69) is 10.3 Å². The zero-order valence-corrected chi connectivity index (χ0v) is 11.3. The maximum atomic E-state index is 11.9. The molecule has 1 aromatic rings. The first-order chi connectivity index (χ1) is 8.32. The van der Waals surface area contributed by atoms with Crippen LogP contribution < -0.4 is 5.32 Å². The van der Waals surface area contributed by atoms with E-state index < -0.39 is 17.9 Å². The molecular formula is C11H12Cl2N2O3. The van der Waals surface area contributed by atoms with E-state index in [0.29, 0.717) is 0 Å². The van der Waals surface area contributed by atoms with Gasteiger partial charge in [-0.25, -0.2) is 9.78 Å². The quantitative estimate of drug-likeness (QED) is 0.834. The molecule has 0 saturated heterocycles. The predicted molar refractivity (Wildman–Crippen MR) is 68.0 cm³/mol. The molecule has 0 saturated carbocycles. The Morgan fingerprint density at radius 1 is 1.39 bits per heavy atom. The lowest BCUT2D eigenvalue weighted by atomic mass is 10.0. The molecule has 5 nitrogen and oxygen atoms in total. The van der Waals surface area contributed by atoms with Crippen molar-refractivity contribution in [1.29, 1.82) is 0 Å². The Bertz CT molecular complexity index is 477. The Labute approximate surface area is 114 Å². The van der Waals surface area contributed by atoms with Crippen molar-refractivity contribution in [2.24, 2.45) is 5.92 Å². The van der Waals surface area contributed by atoms with Crippen LogP contribution in [0.15, 0.2) is 12.3 Å². The number of carbonyl (C=O) groups excluding carboxylic acids is 1. The molecule has 0 aromatic carbocycles. The van der Waals surface area contributed by atoms with Crippen LogP contribution in [0.25, 0.3) is 0 Å². The van der Waals surface area contributed by atoms with Gasteiger partial charge in [-0.05, 0) is 12.0 Å². The fourth-order valence-electron chi connectivity index (χ4n) is 1.32. The van der Waals surface area contributed by atoms with E-state index in [-0.39, 0.29) is 21.7 Å². The number of pyridine rings is 1. The first-order valence-electron chi connectivity index (χ1n) is 5.17. The summed E-state index contributed by atoms with van der Waals surface area (Å²) in [6.07, 6.45) is 1.24. The summed E-state index contributed by atoms with van der Waals surface area (Å²) in [5.41, 5.74) is 0.101. The minimum absolute atomic E-state index is 0.101. The molecule has 7 heteroatoms. The fourth-order valence-corrected chi connectivity index (χ4v) is 1.67. The normalized spacial score (nSPS) is 12.3. The minimum Gasteiger partial charge on any atom is -0.480 e. The molecule has 0 bridgehead atoms. The Kier molecular flexibility index (Phi) is 4.93. The first kappa shape index (κ1) is 14.7. The van der Waals surface area contributed by atoms with E-state index in [9.17, 15) is 9.59 Å². The van der Waals surface area contributed by atoms with Crippen molar-refractivity contribution in [3.05, 3.63) is 28.0 Å². The van der Waals surface area contributed by atoms with Gasteiger partial charge in [0.05, 0.1) is 10.6 Å². The molecule has 1 amide bonds. The summed E-state index contributed by atoms with van der Waals surface area (Å²) in [4.78, 5) is 26.6. The lowest BCUT2D eigenvalue weighted by molar-refractivity contribution is -0.140. The van der Waals surface area contributed by atoms with Crippen LogP contribution in [0.3, 0.4) is 0 Å². The maximum absolute atomic E-state index is 11.9. The monoisotopic (exact) mass is 290 g/mol. The zero-order chi connectivity index (χ0) is 13.9. The average Bonchev–Trinajstić information content (AvgIpc) is 2.28. The van der Waals surface area contributed by atoms with E-state index in [1.165, 1.54) is 12.3 Å². The van der Waals surface area contributed by atoms with Gasteiger partial charge in [-0.3, -0.25) is 4.79 Å². The second kappa shape index (κ2) is 6.02.